The van der Waals surface area contributed by atoms with E-state index >= 15 is 0 Å². The van der Waals surface area contributed by atoms with Crippen LogP contribution in [0.4, 0.5) is 10.5 Å². The van der Waals surface area contributed by atoms with Crippen LogP contribution in [-0.4, -0.2) is 43.3 Å². The van der Waals surface area contributed by atoms with Gasteiger partial charge in [0.15, 0.2) is 0 Å². The summed E-state index contributed by atoms with van der Waals surface area (Å²) in [6, 6.07) is 7.50. The Balaban J connectivity index is 2.44. The summed E-state index contributed by atoms with van der Waals surface area (Å²) in [6.45, 7) is 11.6. The number of likely N-dealkylation sites (N-methyl/N-ethyl adjacent to an activating group) is 1. The number of unbranched alkanes of at least 4 members (excludes halogenated alkanes) is 4. The van der Waals surface area contributed by atoms with E-state index in [1.165, 1.54) is 25.7 Å². The smallest absolute Gasteiger partial charge is 0.412 e. The quantitative estimate of drug-likeness (QED) is 0.482. The van der Waals surface area contributed by atoms with Gasteiger partial charge in [0, 0.05) is 6.54 Å². The van der Waals surface area contributed by atoms with Crippen LogP contribution < -0.4 is 10.1 Å². The third kappa shape index (κ3) is 9.09. The van der Waals surface area contributed by atoms with Crippen molar-refractivity contribution in [1.82, 2.24) is 4.90 Å². The molecule has 1 aromatic carbocycles. The lowest BCUT2D eigenvalue weighted by atomic mass is 10.2. The van der Waals surface area contributed by atoms with Gasteiger partial charge >= 0.3 is 6.09 Å². The zero-order valence-corrected chi connectivity index (χ0v) is 16.9. The molecular weight excluding hydrogens is 328 g/mol. The van der Waals surface area contributed by atoms with Gasteiger partial charge in [-0.25, -0.2) is 4.79 Å². The van der Waals surface area contributed by atoms with Gasteiger partial charge in [0.05, 0.1) is 12.3 Å². The van der Waals surface area contributed by atoms with E-state index in [1.807, 2.05) is 31.2 Å². The number of ether oxygens (including phenoxy) is 2. The number of rotatable bonds is 13. The summed E-state index contributed by atoms with van der Waals surface area (Å²) in [5.41, 5.74) is 0.654. The minimum atomic E-state index is -0.441. The molecule has 0 saturated carbocycles. The molecule has 1 aromatic rings. The van der Waals surface area contributed by atoms with E-state index < -0.39 is 6.09 Å². The van der Waals surface area contributed by atoms with E-state index in [9.17, 15) is 4.79 Å². The third-order valence-electron chi connectivity index (χ3n) is 4.35. The minimum absolute atomic E-state index is 0.165. The minimum Gasteiger partial charge on any atom is -0.491 e. The Morgan fingerprint density at radius 1 is 1.08 bits per heavy atom. The lowest BCUT2D eigenvalue weighted by molar-refractivity contribution is 0.0928. The Morgan fingerprint density at radius 2 is 1.77 bits per heavy atom. The Morgan fingerprint density at radius 3 is 2.46 bits per heavy atom. The van der Waals surface area contributed by atoms with E-state index in [2.05, 4.69) is 31.0 Å². The van der Waals surface area contributed by atoms with E-state index in [-0.39, 0.29) is 6.10 Å². The molecule has 26 heavy (non-hydrogen) atoms. The summed E-state index contributed by atoms with van der Waals surface area (Å²) in [5.74, 6) is 0.691. The number of amides is 1. The molecule has 1 rings (SSSR count). The summed E-state index contributed by atoms with van der Waals surface area (Å²) in [7, 11) is 0. The Labute approximate surface area is 159 Å². The maximum absolute atomic E-state index is 12.2. The van der Waals surface area contributed by atoms with Crippen LogP contribution in [-0.2, 0) is 4.74 Å². The summed E-state index contributed by atoms with van der Waals surface area (Å²) in [6.07, 6.45) is 5.35. The van der Waals surface area contributed by atoms with Crippen LogP contribution in [0.5, 0.6) is 5.75 Å². The van der Waals surface area contributed by atoms with Crippen molar-refractivity contribution in [2.75, 3.05) is 31.6 Å². The zero-order chi connectivity index (χ0) is 19.2. The first kappa shape index (κ1) is 22.3. The first-order chi connectivity index (χ1) is 12.6. The number of nitrogens with one attached hydrogen (secondary N) is 1. The van der Waals surface area contributed by atoms with Gasteiger partial charge in [-0.2, -0.15) is 0 Å². The number of anilines is 1. The number of para-hydroxylation sites is 2. The fourth-order valence-corrected chi connectivity index (χ4v) is 2.79. The molecule has 0 heterocycles. The molecule has 148 valence electrons. The third-order valence-corrected chi connectivity index (χ3v) is 4.35. The molecule has 0 radical (unpaired) electrons. The van der Waals surface area contributed by atoms with Gasteiger partial charge in [-0.15, -0.1) is 0 Å². The second-order valence-corrected chi connectivity index (χ2v) is 6.59. The van der Waals surface area contributed by atoms with Crippen LogP contribution in [0, 0.1) is 0 Å². The molecule has 0 aliphatic rings. The largest absolute Gasteiger partial charge is 0.491 e. The standard InChI is InChI=1S/C21H36N2O3/c1-5-8-9-10-13-16-25-20-15-12-11-14-19(20)22-21(24)26-18(4)17-23(6-2)7-3/h11-12,14-15,18H,5-10,13,16-17H2,1-4H3,(H,22,24)/t18-/m0/s1. The molecule has 1 amide bonds. The maximum Gasteiger partial charge on any atom is 0.412 e. The highest BCUT2D eigenvalue weighted by Crippen LogP contribution is 2.24. The summed E-state index contributed by atoms with van der Waals surface area (Å²) in [4.78, 5) is 14.4. The van der Waals surface area contributed by atoms with Crippen molar-refractivity contribution in [3.05, 3.63) is 24.3 Å². The molecule has 0 aliphatic heterocycles. The van der Waals surface area contributed by atoms with Crippen LogP contribution in [0.1, 0.15) is 59.8 Å². The number of hydrogen-bond donors (Lipinski definition) is 1. The molecule has 1 atom stereocenters. The molecule has 1 N–H and O–H groups in total. The topological polar surface area (TPSA) is 50.8 Å². The molecule has 0 bridgehead atoms. The summed E-state index contributed by atoms with van der Waals surface area (Å²) >= 11 is 0. The number of carbonyl (C=O) groups excluding carboxylic acids is 1. The number of benzene rings is 1. The lowest BCUT2D eigenvalue weighted by Crippen LogP contribution is -2.34. The predicted molar refractivity (Wildman–Crippen MR) is 108 cm³/mol. The monoisotopic (exact) mass is 364 g/mol. The van der Waals surface area contributed by atoms with Gasteiger partial charge < -0.3 is 14.4 Å². The Kier molecular flexibility index (Phi) is 11.5. The maximum atomic E-state index is 12.2. The first-order valence-electron chi connectivity index (χ1n) is 10.0. The highest BCUT2D eigenvalue weighted by atomic mass is 16.6. The van der Waals surface area contributed by atoms with Crippen LogP contribution in [0.2, 0.25) is 0 Å². The fraction of sp³-hybridized carbons (Fsp3) is 0.667. The average Bonchev–Trinajstić information content (AvgIpc) is 2.63. The van der Waals surface area contributed by atoms with E-state index in [0.717, 1.165) is 26.1 Å². The van der Waals surface area contributed by atoms with E-state index in [4.69, 9.17) is 9.47 Å². The van der Waals surface area contributed by atoms with Gasteiger partial charge in [0.2, 0.25) is 0 Å². The van der Waals surface area contributed by atoms with Crippen molar-refractivity contribution in [1.29, 1.82) is 0 Å². The number of carbonyl (C=O) groups is 1. The molecular formula is C21H36N2O3. The fourth-order valence-electron chi connectivity index (χ4n) is 2.79. The van der Waals surface area contributed by atoms with E-state index in [0.29, 0.717) is 18.0 Å². The molecule has 0 fully saturated rings. The molecule has 5 nitrogen and oxygen atoms in total. The molecule has 0 aromatic heterocycles. The van der Waals surface area contributed by atoms with Crippen LogP contribution in [0.3, 0.4) is 0 Å². The van der Waals surface area contributed by atoms with Crippen molar-refractivity contribution in [2.24, 2.45) is 0 Å². The highest BCUT2D eigenvalue weighted by molar-refractivity contribution is 5.86. The number of hydrogen-bond acceptors (Lipinski definition) is 4. The second kappa shape index (κ2) is 13.5. The van der Waals surface area contributed by atoms with Crippen LogP contribution in [0.15, 0.2) is 24.3 Å². The van der Waals surface area contributed by atoms with Crippen molar-refractivity contribution in [3.8, 4) is 5.75 Å². The zero-order valence-electron chi connectivity index (χ0n) is 16.9. The van der Waals surface area contributed by atoms with Crippen molar-refractivity contribution in [2.45, 2.75) is 65.9 Å². The second-order valence-electron chi connectivity index (χ2n) is 6.59. The predicted octanol–water partition coefficient (Wildman–Crippen LogP) is 5.31. The molecule has 0 unspecified atom stereocenters. The van der Waals surface area contributed by atoms with Gasteiger partial charge in [-0.05, 0) is 38.6 Å². The van der Waals surface area contributed by atoms with Gasteiger partial charge in [0.1, 0.15) is 11.9 Å². The normalized spacial score (nSPS) is 12.0. The van der Waals surface area contributed by atoms with Crippen molar-refractivity contribution < 1.29 is 14.3 Å². The van der Waals surface area contributed by atoms with Crippen LogP contribution >= 0.6 is 0 Å². The molecule has 5 heteroatoms. The molecule has 0 saturated heterocycles. The summed E-state index contributed by atoms with van der Waals surface area (Å²) < 4.78 is 11.3. The number of nitrogens with zero attached hydrogens (tertiary/aromatic N) is 1. The van der Waals surface area contributed by atoms with Gasteiger partial charge in [-0.1, -0.05) is 58.6 Å². The van der Waals surface area contributed by atoms with E-state index in [1.54, 1.807) is 0 Å². The van der Waals surface area contributed by atoms with Gasteiger partial charge in [0.25, 0.3) is 0 Å². The Hall–Kier alpha value is -1.75. The molecule has 0 aliphatic carbocycles. The van der Waals surface area contributed by atoms with Crippen molar-refractivity contribution >= 4 is 11.8 Å². The molecule has 0 spiro atoms. The average molecular weight is 365 g/mol. The summed E-state index contributed by atoms with van der Waals surface area (Å²) in [5, 5.41) is 2.81. The SMILES string of the molecule is CCCCCCCOc1ccccc1NC(=O)O[C@@H](C)CN(CC)CC. The van der Waals surface area contributed by atoms with Crippen molar-refractivity contribution in [3.63, 3.8) is 0 Å². The Bertz CT molecular complexity index is 504. The van der Waals surface area contributed by atoms with Crippen LogP contribution in [0.25, 0.3) is 0 Å². The lowest BCUT2D eigenvalue weighted by Gasteiger charge is -2.23. The first-order valence-corrected chi connectivity index (χ1v) is 10.0. The van der Waals surface area contributed by atoms with Gasteiger partial charge in [-0.3, -0.25) is 5.32 Å². The highest BCUT2D eigenvalue weighted by Gasteiger charge is 2.14.